The maximum absolute atomic E-state index is 12.2. The molecule has 0 bridgehead atoms. The summed E-state index contributed by atoms with van der Waals surface area (Å²) in [5, 5.41) is 9.33. The SMILES string of the molecule is Cl.O=C(CCC1CCNC1)NCc1cccc(NC(=O)C2CCCC2)c1. The normalized spacial score (nSPS) is 19.8. The molecule has 1 aliphatic heterocycles. The van der Waals surface area contributed by atoms with E-state index in [4.69, 9.17) is 0 Å². The zero-order valence-corrected chi connectivity index (χ0v) is 16.1. The molecule has 2 amide bonds. The first-order valence-corrected chi connectivity index (χ1v) is 9.58. The highest BCUT2D eigenvalue weighted by atomic mass is 35.5. The van der Waals surface area contributed by atoms with Crippen molar-refractivity contribution in [2.45, 2.75) is 51.5 Å². The molecular formula is C20H30ClN3O2. The van der Waals surface area contributed by atoms with E-state index < -0.39 is 0 Å². The topological polar surface area (TPSA) is 70.2 Å². The lowest BCUT2D eigenvalue weighted by Gasteiger charge is -2.12. The van der Waals surface area contributed by atoms with Crippen molar-refractivity contribution in [3.05, 3.63) is 29.8 Å². The molecule has 26 heavy (non-hydrogen) atoms. The molecule has 1 saturated carbocycles. The Morgan fingerprint density at radius 1 is 1.15 bits per heavy atom. The standard InChI is InChI=1S/C20H29N3O2.ClH/c24-19(9-8-15-10-11-21-13-15)22-14-16-4-3-7-18(12-16)23-20(25)17-5-1-2-6-17;/h3-4,7,12,15,17,21H,1-2,5-6,8-11,13-14H2,(H,22,24)(H,23,25);1H. The summed E-state index contributed by atoms with van der Waals surface area (Å²) in [4.78, 5) is 24.2. The van der Waals surface area contributed by atoms with Gasteiger partial charge >= 0.3 is 0 Å². The van der Waals surface area contributed by atoms with E-state index in [1.807, 2.05) is 24.3 Å². The van der Waals surface area contributed by atoms with Gasteiger partial charge in [0.2, 0.25) is 11.8 Å². The molecule has 1 aromatic carbocycles. The summed E-state index contributed by atoms with van der Waals surface area (Å²) in [7, 11) is 0. The molecule has 1 aliphatic carbocycles. The first-order valence-electron chi connectivity index (χ1n) is 9.58. The first-order chi connectivity index (χ1) is 12.2. The maximum Gasteiger partial charge on any atom is 0.227 e. The molecule has 5 nitrogen and oxygen atoms in total. The third-order valence-corrected chi connectivity index (χ3v) is 5.35. The zero-order valence-electron chi connectivity index (χ0n) is 15.3. The molecule has 2 fully saturated rings. The van der Waals surface area contributed by atoms with E-state index in [0.717, 1.165) is 56.4 Å². The number of hydrogen-bond acceptors (Lipinski definition) is 3. The van der Waals surface area contributed by atoms with Gasteiger partial charge < -0.3 is 16.0 Å². The monoisotopic (exact) mass is 379 g/mol. The Bertz CT molecular complexity index is 596. The summed E-state index contributed by atoms with van der Waals surface area (Å²) in [6.07, 6.45) is 7.02. The van der Waals surface area contributed by atoms with Gasteiger partial charge in [0.1, 0.15) is 0 Å². The molecule has 2 aliphatic rings. The average Bonchev–Trinajstić information content (AvgIpc) is 3.32. The minimum Gasteiger partial charge on any atom is -0.352 e. The van der Waals surface area contributed by atoms with Gasteiger partial charge in [0.15, 0.2) is 0 Å². The summed E-state index contributed by atoms with van der Waals surface area (Å²) in [6, 6.07) is 7.77. The van der Waals surface area contributed by atoms with E-state index in [0.29, 0.717) is 18.9 Å². The van der Waals surface area contributed by atoms with Crippen molar-refractivity contribution < 1.29 is 9.59 Å². The quantitative estimate of drug-likeness (QED) is 0.681. The van der Waals surface area contributed by atoms with Crippen LogP contribution in [-0.4, -0.2) is 24.9 Å². The van der Waals surface area contributed by atoms with Crippen LogP contribution in [0, 0.1) is 11.8 Å². The molecule has 1 heterocycles. The molecule has 144 valence electrons. The van der Waals surface area contributed by atoms with Gasteiger partial charge in [0.25, 0.3) is 0 Å². The van der Waals surface area contributed by atoms with Crippen LogP contribution in [-0.2, 0) is 16.1 Å². The van der Waals surface area contributed by atoms with E-state index in [1.54, 1.807) is 0 Å². The molecule has 1 atom stereocenters. The summed E-state index contributed by atoms with van der Waals surface area (Å²) >= 11 is 0. The average molecular weight is 380 g/mol. The lowest BCUT2D eigenvalue weighted by Crippen LogP contribution is -2.24. The van der Waals surface area contributed by atoms with Gasteiger partial charge in [-0.2, -0.15) is 0 Å². The number of hydrogen-bond donors (Lipinski definition) is 3. The van der Waals surface area contributed by atoms with Crippen LogP contribution in [0.4, 0.5) is 5.69 Å². The van der Waals surface area contributed by atoms with Gasteiger partial charge in [0, 0.05) is 24.6 Å². The molecule has 6 heteroatoms. The summed E-state index contributed by atoms with van der Waals surface area (Å²) in [5.74, 6) is 1.03. The smallest absolute Gasteiger partial charge is 0.227 e. The van der Waals surface area contributed by atoms with E-state index in [1.165, 1.54) is 6.42 Å². The first kappa shape index (κ1) is 20.7. The third-order valence-electron chi connectivity index (χ3n) is 5.35. The van der Waals surface area contributed by atoms with Gasteiger partial charge in [-0.25, -0.2) is 0 Å². The van der Waals surface area contributed by atoms with Crippen molar-refractivity contribution in [3.63, 3.8) is 0 Å². The number of halogens is 1. The lowest BCUT2D eigenvalue weighted by molar-refractivity contribution is -0.121. The van der Waals surface area contributed by atoms with Crippen LogP contribution in [0.25, 0.3) is 0 Å². The number of carbonyl (C=O) groups is 2. The van der Waals surface area contributed by atoms with Gasteiger partial charge in [-0.3, -0.25) is 9.59 Å². The highest BCUT2D eigenvalue weighted by molar-refractivity contribution is 5.92. The third kappa shape index (κ3) is 6.29. The van der Waals surface area contributed by atoms with Gasteiger partial charge in [-0.15, -0.1) is 12.4 Å². The van der Waals surface area contributed by atoms with Gasteiger partial charge in [0.05, 0.1) is 0 Å². The Morgan fingerprint density at radius 3 is 2.69 bits per heavy atom. The number of benzene rings is 1. The summed E-state index contributed by atoms with van der Waals surface area (Å²) < 4.78 is 0. The number of rotatable bonds is 7. The van der Waals surface area contributed by atoms with E-state index in [2.05, 4.69) is 16.0 Å². The summed E-state index contributed by atoms with van der Waals surface area (Å²) in [5.41, 5.74) is 1.83. The van der Waals surface area contributed by atoms with E-state index in [-0.39, 0.29) is 30.1 Å². The van der Waals surface area contributed by atoms with Crippen LogP contribution < -0.4 is 16.0 Å². The van der Waals surface area contributed by atoms with Crippen molar-refractivity contribution in [2.75, 3.05) is 18.4 Å². The van der Waals surface area contributed by atoms with Crippen molar-refractivity contribution in [2.24, 2.45) is 11.8 Å². The van der Waals surface area contributed by atoms with Crippen molar-refractivity contribution in [3.8, 4) is 0 Å². The minimum absolute atomic E-state index is 0. The number of nitrogens with one attached hydrogen (secondary N) is 3. The van der Waals surface area contributed by atoms with Crippen LogP contribution in [0.3, 0.4) is 0 Å². The second kappa shape index (κ2) is 10.5. The molecule has 0 spiro atoms. The number of carbonyl (C=O) groups excluding carboxylic acids is 2. The maximum atomic E-state index is 12.2. The zero-order chi connectivity index (χ0) is 17.5. The lowest BCUT2D eigenvalue weighted by atomic mass is 10.0. The Balaban J connectivity index is 0.00000243. The fraction of sp³-hybridized carbons (Fsp3) is 0.600. The Kier molecular flexibility index (Phi) is 8.39. The Hall–Kier alpha value is -1.59. The predicted octanol–water partition coefficient (Wildman–Crippen LogP) is 3.24. The van der Waals surface area contributed by atoms with Crippen molar-refractivity contribution in [1.82, 2.24) is 10.6 Å². The summed E-state index contributed by atoms with van der Waals surface area (Å²) in [6.45, 7) is 2.62. The number of amides is 2. The number of anilines is 1. The Labute approximate surface area is 162 Å². The Morgan fingerprint density at radius 2 is 1.96 bits per heavy atom. The molecule has 3 rings (SSSR count). The van der Waals surface area contributed by atoms with Crippen LogP contribution in [0.1, 0.15) is 50.5 Å². The fourth-order valence-electron chi connectivity index (χ4n) is 3.78. The fourth-order valence-corrected chi connectivity index (χ4v) is 3.78. The van der Waals surface area contributed by atoms with Crippen molar-refractivity contribution in [1.29, 1.82) is 0 Å². The van der Waals surface area contributed by atoms with Gasteiger partial charge in [-0.05, 0) is 62.4 Å². The molecule has 1 unspecified atom stereocenters. The second-order valence-electron chi connectivity index (χ2n) is 7.35. The van der Waals surface area contributed by atoms with E-state index >= 15 is 0 Å². The molecular weight excluding hydrogens is 350 g/mol. The molecule has 3 N–H and O–H groups in total. The van der Waals surface area contributed by atoms with E-state index in [9.17, 15) is 9.59 Å². The highest BCUT2D eigenvalue weighted by Crippen LogP contribution is 2.26. The molecule has 0 aromatic heterocycles. The highest BCUT2D eigenvalue weighted by Gasteiger charge is 2.22. The molecule has 1 saturated heterocycles. The van der Waals surface area contributed by atoms with Gasteiger partial charge in [-0.1, -0.05) is 25.0 Å². The predicted molar refractivity (Wildman–Crippen MR) is 106 cm³/mol. The van der Waals surface area contributed by atoms with Crippen LogP contribution >= 0.6 is 12.4 Å². The second-order valence-corrected chi connectivity index (χ2v) is 7.35. The molecule has 1 aromatic rings. The van der Waals surface area contributed by atoms with Crippen LogP contribution in [0.15, 0.2) is 24.3 Å². The van der Waals surface area contributed by atoms with Crippen LogP contribution in [0.2, 0.25) is 0 Å². The minimum atomic E-state index is 0. The largest absolute Gasteiger partial charge is 0.352 e. The van der Waals surface area contributed by atoms with Crippen LogP contribution in [0.5, 0.6) is 0 Å². The molecule has 0 radical (unpaired) electrons. The van der Waals surface area contributed by atoms with Crippen molar-refractivity contribution >= 4 is 29.9 Å².